The van der Waals surface area contributed by atoms with Crippen molar-refractivity contribution in [2.45, 2.75) is 13.8 Å². The smallest absolute Gasteiger partial charge is 0.166 e. The van der Waals surface area contributed by atoms with Crippen LogP contribution in [-0.4, -0.2) is 11.6 Å². The quantitative estimate of drug-likeness (QED) is 0.619. The summed E-state index contributed by atoms with van der Waals surface area (Å²) in [6, 6.07) is 0. The van der Waals surface area contributed by atoms with Gasteiger partial charge in [-0.15, -0.1) is 0 Å². The molecule has 0 amide bonds. The van der Waals surface area contributed by atoms with Crippen molar-refractivity contribution in [1.29, 1.82) is 0 Å². The van der Waals surface area contributed by atoms with Crippen LogP contribution in [0.4, 0.5) is 0 Å². The van der Waals surface area contributed by atoms with Crippen molar-refractivity contribution in [3.8, 4) is 0 Å². The molecule has 0 bridgehead atoms. The minimum absolute atomic E-state index is 0.128. The molecule has 0 aromatic rings. The average molecular weight is 191 g/mol. The Kier molecular flexibility index (Phi) is 3.39. The lowest BCUT2D eigenvalue weighted by Gasteiger charge is -1.85. The number of hydrogen-bond acceptors (Lipinski definition) is 2. The van der Waals surface area contributed by atoms with Crippen LogP contribution in [0.2, 0.25) is 0 Å². The molecule has 9 heavy (non-hydrogen) atoms. The van der Waals surface area contributed by atoms with Gasteiger partial charge in [-0.1, -0.05) is 0 Å². The number of carbonyl (C=O) groups excluding carboxylic acids is 2. The maximum atomic E-state index is 10.4. The molecule has 0 fully saturated rings. The molecule has 0 radical (unpaired) electrons. The lowest BCUT2D eigenvalue weighted by molar-refractivity contribution is -0.115. The average Bonchev–Trinajstić information content (AvgIpc) is 1.63. The molecule has 0 aromatic heterocycles. The largest absolute Gasteiger partial charge is 0.295 e. The Morgan fingerprint density at radius 3 is 1.89 bits per heavy atom. The second kappa shape index (κ2) is 3.56. The maximum absolute atomic E-state index is 10.4. The number of halogens is 1. The molecule has 0 N–H and O–H groups in total. The summed E-state index contributed by atoms with van der Waals surface area (Å²) in [4.78, 5) is 20.7. The van der Waals surface area contributed by atoms with Gasteiger partial charge in [0.1, 0.15) is 0 Å². The third kappa shape index (κ3) is 4.09. The molecule has 3 heteroatoms. The van der Waals surface area contributed by atoms with E-state index in [9.17, 15) is 9.59 Å². The van der Waals surface area contributed by atoms with E-state index in [2.05, 4.69) is 15.9 Å². The summed E-state index contributed by atoms with van der Waals surface area (Å²) in [7, 11) is 0. The second-order valence-corrected chi connectivity index (χ2v) is 2.51. The lowest BCUT2D eigenvalue weighted by atomic mass is 10.3. The van der Waals surface area contributed by atoms with Gasteiger partial charge in [-0.2, -0.15) is 0 Å². The first kappa shape index (κ1) is 8.56. The molecule has 0 saturated carbocycles. The molecular formula is C6H7BrO2. The van der Waals surface area contributed by atoms with Gasteiger partial charge < -0.3 is 0 Å². The predicted octanol–water partition coefficient (Wildman–Crippen LogP) is 1.44. The topological polar surface area (TPSA) is 34.1 Å². The van der Waals surface area contributed by atoms with E-state index >= 15 is 0 Å². The van der Waals surface area contributed by atoms with Crippen LogP contribution in [-0.2, 0) is 9.59 Å². The predicted molar refractivity (Wildman–Crippen MR) is 38.4 cm³/mol. The molecule has 0 aliphatic carbocycles. The van der Waals surface area contributed by atoms with Crippen molar-refractivity contribution >= 4 is 27.5 Å². The molecule has 0 atom stereocenters. The first-order valence-electron chi connectivity index (χ1n) is 2.42. The normalized spacial score (nSPS) is 11.2. The van der Waals surface area contributed by atoms with Gasteiger partial charge in [0.25, 0.3) is 0 Å². The zero-order valence-electron chi connectivity index (χ0n) is 5.27. The van der Waals surface area contributed by atoms with Crippen LogP contribution < -0.4 is 0 Å². The van der Waals surface area contributed by atoms with Gasteiger partial charge in [-0.25, -0.2) is 0 Å². The Balaban J connectivity index is 4.17. The van der Waals surface area contributed by atoms with Gasteiger partial charge in [0.05, 0.1) is 4.48 Å². The highest BCUT2D eigenvalue weighted by Crippen LogP contribution is 2.04. The molecule has 0 aliphatic rings. The minimum atomic E-state index is -0.134. The van der Waals surface area contributed by atoms with E-state index in [1.165, 1.54) is 19.9 Å². The number of rotatable bonds is 2. The van der Waals surface area contributed by atoms with Crippen molar-refractivity contribution in [2.24, 2.45) is 0 Å². The molecule has 0 unspecified atom stereocenters. The number of Topliss-reactive ketones (excluding diaryl/α,β-unsaturated/α-hetero) is 1. The zero-order chi connectivity index (χ0) is 7.44. The Hall–Kier alpha value is -0.440. The monoisotopic (exact) mass is 190 g/mol. The lowest BCUT2D eigenvalue weighted by Crippen LogP contribution is -1.91. The van der Waals surface area contributed by atoms with Crippen LogP contribution in [0, 0.1) is 0 Å². The number of hydrogen-bond donors (Lipinski definition) is 0. The van der Waals surface area contributed by atoms with Crippen LogP contribution in [0.15, 0.2) is 10.6 Å². The molecule has 0 aromatic carbocycles. The van der Waals surface area contributed by atoms with Crippen molar-refractivity contribution in [1.82, 2.24) is 0 Å². The molecule has 50 valence electrons. The summed E-state index contributed by atoms with van der Waals surface area (Å²) in [5.74, 6) is -0.262. The second-order valence-electron chi connectivity index (χ2n) is 1.66. The van der Waals surface area contributed by atoms with Crippen LogP contribution >= 0.6 is 15.9 Å². The number of ketones is 2. The molecule has 0 spiro atoms. The highest BCUT2D eigenvalue weighted by Gasteiger charge is 1.97. The fraction of sp³-hybridized carbons (Fsp3) is 0.333. The molecule has 2 nitrogen and oxygen atoms in total. The third-order valence-electron chi connectivity index (χ3n) is 0.666. The van der Waals surface area contributed by atoms with E-state index in [4.69, 9.17) is 0 Å². The fourth-order valence-electron chi connectivity index (χ4n) is 0.280. The van der Waals surface area contributed by atoms with Crippen molar-refractivity contribution < 1.29 is 9.59 Å². The van der Waals surface area contributed by atoms with Crippen LogP contribution in [0.25, 0.3) is 0 Å². The summed E-state index contributed by atoms with van der Waals surface area (Å²) in [6.07, 6.45) is 1.25. The first-order valence-corrected chi connectivity index (χ1v) is 3.22. The maximum Gasteiger partial charge on any atom is 0.166 e. The van der Waals surface area contributed by atoms with Crippen molar-refractivity contribution in [2.75, 3.05) is 0 Å². The fourth-order valence-corrected chi connectivity index (χ4v) is 0.602. The molecule has 0 saturated heterocycles. The minimum Gasteiger partial charge on any atom is -0.295 e. The van der Waals surface area contributed by atoms with Crippen LogP contribution in [0.3, 0.4) is 0 Å². The Bertz CT molecular complexity index is 170. The summed E-state index contributed by atoms with van der Waals surface area (Å²) in [6.45, 7) is 2.79. The van der Waals surface area contributed by atoms with E-state index in [0.29, 0.717) is 4.48 Å². The van der Waals surface area contributed by atoms with Crippen LogP contribution in [0.5, 0.6) is 0 Å². The first-order chi connectivity index (χ1) is 4.04. The van der Waals surface area contributed by atoms with E-state index in [0.717, 1.165) is 0 Å². The van der Waals surface area contributed by atoms with Gasteiger partial charge in [0.2, 0.25) is 0 Å². The highest BCUT2D eigenvalue weighted by molar-refractivity contribution is 9.12. The third-order valence-corrected chi connectivity index (χ3v) is 1.45. The van der Waals surface area contributed by atoms with Gasteiger partial charge in [-0.3, -0.25) is 9.59 Å². The Morgan fingerprint density at radius 2 is 1.78 bits per heavy atom. The SMILES string of the molecule is CC(=O)/C=C(/Br)C(C)=O. The molecule has 0 rings (SSSR count). The van der Waals surface area contributed by atoms with Crippen molar-refractivity contribution in [3.05, 3.63) is 10.6 Å². The van der Waals surface area contributed by atoms with Crippen molar-refractivity contribution in [3.63, 3.8) is 0 Å². The van der Waals surface area contributed by atoms with E-state index < -0.39 is 0 Å². The highest BCUT2D eigenvalue weighted by atomic mass is 79.9. The van der Waals surface area contributed by atoms with Gasteiger partial charge in [0.15, 0.2) is 11.6 Å². The van der Waals surface area contributed by atoms with E-state index in [1.54, 1.807) is 0 Å². The summed E-state index contributed by atoms with van der Waals surface area (Å²) in [5, 5.41) is 0. The van der Waals surface area contributed by atoms with Gasteiger partial charge >= 0.3 is 0 Å². The summed E-state index contributed by atoms with van der Waals surface area (Å²) in [5.41, 5.74) is 0. The van der Waals surface area contributed by atoms with Gasteiger partial charge in [0, 0.05) is 0 Å². The number of allylic oxidation sites excluding steroid dienone is 2. The van der Waals surface area contributed by atoms with E-state index in [1.807, 2.05) is 0 Å². The number of carbonyl (C=O) groups is 2. The Labute approximate surface area is 62.1 Å². The Morgan fingerprint density at radius 1 is 1.33 bits per heavy atom. The van der Waals surface area contributed by atoms with Gasteiger partial charge in [-0.05, 0) is 35.9 Å². The summed E-state index contributed by atoms with van der Waals surface area (Å²) >= 11 is 2.93. The molecular weight excluding hydrogens is 184 g/mol. The standard InChI is InChI=1S/C6H7BrO2/c1-4(8)3-6(7)5(2)9/h3H,1-2H3/b6-3+. The van der Waals surface area contributed by atoms with E-state index in [-0.39, 0.29) is 11.6 Å². The zero-order valence-corrected chi connectivity index (χ0v) is 6.86. The molecule has 0 aliphatic heterocycles. The molecule has 0 heterocycles. The summed E-state index contributed by atoms with van der Waals surface area (Å²) < 4.78 is 0.329. The van der Waals surface area contributed by atoms with Crippen LogP contribution in [0.1, 0.15) is 13.8 Å².